The van der Waals surface area contributed by atoms with Crippen molar-refractivity contribution < 1.29 is 13.2 Å². The van der Waals surface area contributed by atoms with Gasteiger partial charge in [0, 0.05) is 10.4 Å². The van der Waals surface area contributed by atoms with Crippen molar-refractivity contribution in [3.8, 4) is 5.75 Å². The third-order valence-corrected chi connectivity index (χ3v) is 5.89. The van der Waals surface area contributed by atoms with Crippen molar-refractivity contribution >= 4 is 50.2 Å². The standard InChI is InChI=1S/C16H12Cl2N2O3S2/c17-11-5-6-13(18)16(7-11)25(21,22)20-14-3-1-2-4-15(14)23-8-12-9-24-10-19-12/h1-7,9-10,20H,8H2. The van der Waals surface area contributed by atoms with Crippen molar-refractivity contribution in [1.29, 1.82) is 0 Å². The van der Waals surface area contributed by atoms with Gasteiger partial charge in [-0.1, -0.05) is 35.3 Å². The van der Waals surface area contributed by atoms with Gasteiger partial charge in [-0.3, -0.25) is 4.72 Å². The zero-order chi connectivity index (χ0) is 17.9. The lowest BCUT2D eigenvalue weighted by Crippen LogP contribution is -2.14. The Balaban J connectivity index is 1.86. The second kappa shape index (κ2) is 7.61. The molecule has 2 aromatic carbocycles. The van der Waals surface area contributed by atoms with E-state index in [1.807, 2.05) is 5.38 Å². The summed E-state index contributed by atoms with van der Waals surface area (Å²) >= 11 is 13.3. The molecule has 3 aromatic rings. The largest absolute Gasteiger partial charge is 0.485 e. The molecule has 0 aliphatic rings. The molecule has 130 valence electrons. The number of halogens is 2. The van der Waals surface area contributed by atoms with Crippen LogP contribution in [0.2, 0.25) is 10.0 Å². The maximum absolute atomic E-state index is 12.6. The van der Waals surface area contributed by atoms with Crippen LogP contribution in [0.1, 0.15) is 5.69 Å². The van der Waals surface area contributed by atoms with Crippen molar-refractivity contribution in [1.82, 2.24) is 4.98 Å². The second-order valence-corrected chi connectivity index (χ2v) is 8.16. The average Bonchev–Trinajstić information content (AvgIpc) is 3.09. The smallest absolute Gasteiger partial charge is 0.263 e. The van der Waals surface area contributed by atoms with Gasteiger partial charge in [-0.05, 0) is 30.3 Å². The highest BCUT2D eigenvalue weighted by Gasteiger charge is 2.20. The topological polar surface area (TPSA) is 68.3 Å². The molecule has 1 heterocycles. The van der Waals surface area contributed by atoms with Crippen LogP contribution in [-0.2, 0) is 16.6 Å². The minimum absolute atomic E-state index is 0.0813. The van der Waals surface area contributed by atoms with E-state index in [-0.39, 0.29) is 21.5 Å². The van der Waals surface area contributed by atoms with E-state index in [1.165, 1.54) is 29.5 Å². The molecule has 0 saturated carbocycles. The van der Waals surface area contributed by atoms with Crippen molar-refractivity contribution in [2.75, 3.05) is 4.72 Å². The summed E-state index contributed by atoms with van der Waals surface area (Å²) in [4.78, 5) is 4.03. The molecular formula is C16H12Cl2N2O3S2. The van der Waals surface area contributed by atoms with Gasteiger partial charge in [-0.15, -0.1) is 11.3 Å². The van der Waals surface area contributed by atoms with Crippen LogP contribution in [0.25, 0.3) is 0 Å². The predicted molar refractivity (Wildman–Crippen MR) is 100 cm³/mol. The number of anilines is 1. The number of hydrogen-bond donors (Lipinski definition) is 1. The van der Waals surface area contributed by atoms with E-state index in [4.69, 9.17) is 27.9 Å². The minimum Gasteiger partial charge on any atom is -0.485 e. The molecule has 0 fully saturated rings. The zero-order valence-corrected chi connectivity index (χ0v) is 15.8. The Labute approximate surface area is 159 Å². The second-order valence-electron chi connectivity index (χ2n) is 4.94. The Morgan fingerprint density at radius 1 is 1.16 bits per heavy atom. The van der Waals surface area contributed by atoms with E-state index in [1.54, 1.807) is 29.8 Å². The van der Waals surface area contributed by atoms with Crippen LogP contribution in [0.15, 0.2) is 58.3 Å². The third-order valence-electron chi connectivity index (χ3n) is 3.17. The molecular weight excluding hydrogens is 403 g/mol. The van der Waals surface area contributed by atoms with Crippen LogP contribution < -0.4 is 9.46 Å². The fraction of sp³-hybridized carbons (Fsp3) is 0.0625. The number of ether oxygens (including phenoxy) is 1. The molecule has 0 bridgehead atoms. The van der Waals surface area contributed by atoms with E-state index >= 15 is 0 Å². The summed E-state index contributed by atoms with van der Waals surface area (Å²) in [7, 11) is -3.92. The number of nitrogens with one attached hydrogen (secondary N) is 1. The Morgan fingerprint density at radius 3 is 2.72 bits per heavy atom. The average molecular weight is 415 g/mol. The molecule has 25 heavy (non-hydrogen) atoms. The molecule has 0 aliphatic carbocycles. The van der Waals surface area contributed by atoms with E-state index in [2.05, 4.69) is 9.71 Å². The first kappa shape index (κ1) is 18.0. The van der Waals surface area contributed by atoms with E-state index in [0.717, 1.165) is 5.69 Å². The molecule has 1 N–H and O–H groups in total. The molecule has 3 rings (SSSR count). The van der Waals surface area contributed by atoms with Crippen molar-refractivity contribution in [3.63, 3.8) is 0 Å². The van der Waals surface area contributed by atoms with Crippen molar-refractivity contribution in [2.24, 2.45) is 0 Å². The first-order valence-electron chi connectivity index (χ1n) is 7.02. The summed E-state index contributed by atoms with van der Waals surface area (Å²) in [5, 5.41) is 2.22. The molecule has 1 aromatic heterocycles. The van der Waals surface area contributed by atoms with Gasteiger partial charge in [-0.2, -0.15) is 0 Å². The SMILES string of the molecule is O=S(=O)(Nc1ccccc1OCc1cscn1)c1cc(Cl)ccc1Cl. The minimum atomic E-state index is -3.92. The Bertz CT molecular complexity index is 977. The molecule has 0 spiro atoms. The predicted octanol–water partition coefficient (Wildman–Crippen LogP) is 4.83. The lowest BCUT2D eigenvalue weighted by atomic mass is 10.3. The van der Waals surface area contributed by atoms with Crippen LogP contribution in [0.4, 0.5) is 5.69 Å². The first-order valence-corrected chi connectivity index (χ1v) is 10.2. The lowest BCUT2D eigenvalue weighted by molar-refractivity contribution is 0.304. The summed E-state index contributed by atoms with van der Waals surface area (Å²) in [6.07, 6.45) is 0. The molecule has 9 heteroatoms. The van der Waals surface area contributed by atoms with E-state index in [0.29, 0.717) is 11.4 Å². The maximum Gasteiger partial charge on any atom is 0.263 e. The number of thiazole rings is 1. The van der Waals surface area contributed by atoms with Gasteiger partial charge >= 0.3 is 0 Å². The molecule has 0 unspecified atom stereocenters. The summed E-state index contributed by atoms with van der Waals surface area (Å²) in [5.41, 5.74) is 2.77. The quantitative estimate of drug-likeness (QED) is 0.626. The molecule has 5 nitrogen and oxygen atoms in total. The van der Waals surface area contributed by atoms with Gasteiger partial charge in [0.05, 0.1) is 21.9 Å². The van der Waals surface area contributed by atoms with Gasteiger partial charge in [0.1, 0.15) is 17.3 Å². The number of para-hydroxylation sites is 2. The van der Waals surface area contributed by atoms with E-state index in [9.17, 15) is 8.42 Å². The molecule has 0 saturated heterocycles. The van der Waals surface area contributed by atoms with Crippen LogP contribution in [0.5, 0.6) is 5.75 Å². The van der Waals surface area contributed by atoms with Gasteiger partial charge in [-0.25, -0.2) is 13.4 Å². The fourth-order valence-corrected chi connectivity index (χ4v) is 4.40. The number of nitrogens with zero attached hydrogens (tertiary/aromatic N) is 1. The first-order chi connectivity index (χ1) is 12.0. The molecule has 0 radical (unpaired) electrons. The van der Waals surface area contributed by atoms with Crippen LogP contribution in [0, 0.1) is 0 Å². The number of sulfonamides is 1. The lowest BCUT2D eigenvalue weighted by Gasteiger charge is -2.14. The molecule has 0 atom stereocenters. The van der Waals surface area contributed by atoms with Crippen LogP contribution in [-0.4, -0.2) is 13.4 Å². The fourth-order valence-electron chi connectivity index (χ4n) is 2.02. The number of hydrogen-bond acceptors (Lipinski definition) is 5. The van der Waals surface area contributed by atoms with E-state index < -0.39 is 10.0 Å². The van der Waals surface area contributed by atoms with Crippen molar-refractivity contribution in [2.45, 2.75) is 11.5 Å². The normalized spacial score (nSPS) is 11.3. The number of aromatic nitrogens is 1. The Kier molecular flexibility index (Phi) is 5.48. The summed E-state index contributed by atoms with van der Waals surface area (Å²) < 4.78 is 33.4. The van der Waals surface area contributed by atoms with Gasteiger partial charge in [0.25, 0.3) is 10.0 Å². The molecule has 0 amide bonds. The van der Waals surface area contributed by atoms with Gasteiger partial charge < -0.3 is 4.74 Å². The van der Waals surface area contributed by atoms with Gasteiger partial charge in [0.15, 0.2) is 0 Å². The Hall–Kier alpha value is -1.80. The summed E-state index contributed by atoms with van der Waals surface area (Å²) in [5.74, 6) is 0.386. The number of benzene rings is 2. The summed E-state index contributed by atoms with van der Waals surface area (Å²) in [6.45, 7) is 0.236. The highest BCUT2D eigenvalue weighted by molar-refractivity contribution is 7.92. The highest BCUT2D eigenvalue weighted by atomic mass is 35.5. The Morgan fingerprint density at radius 2 is 1.96 bits per heavy atom. The monoisotopic (exact) mass is 414 g/mol. The van der Waals surface area contributed by atoms with Crippen molar-refractivity contribution in [3.05, 3.63) is 69.1 Å². The maximum atomic E-state index is 12.6. The summed E-state index contributed by atoms with van der Waals surface area (Å²) in [6, 6.07) is 11.0. The van der Waals surface area contributed by atoms with Crippen LogP contribution >= 0.6 is 34.5 Å². The van der Waals surface area contributed by atoms with Crippen LogP contribution in [0.3, 0.4) is 0 Å². The number of rotatable bonds is 6. The van der Waals surface area contributed by atoms with Gasteiger partial charge in [0.2, 0.25) is 0 Å². The molecule has 0 aliphatic heterocycles. The zero-order valence-electron chi connectivity index (χ0n) is 12.6. The third kappa shape index (κ3) is 4.43. The highest BCUT2D eigenvalue weighted by Crippen LogP contribution is 2.30.